The summed E-state index contributed by atoms with van der Waals surface area (Å²) in [5, 5.41) is 2.89. The molecule has 96 valence electrons. The van der Waals surface area contributed by atoms with Crippen LogP contribution in [0.4, 0.5) is 0 Å². The minimum Gasteiger partial charge on any atom is -0.443 e. The van der Waals surface area contributed by atoms with Crippen LogP contribution in [0.25, 0.3) is 11.1 Å². The van der Waals surface area contributed by atoms with E-state index >= 15 is 0 Å². The van der Waals surface area contributed by atoms with E-state index in [2.05, 4.69) is 29.0 Å². The number of hydrogen-bond donors (Lipinski definition) is 1. The Balaban J connectivity index is 2.11. The van der Waals surface area contributed by atoms with Crippen LogP contribution in [0.1, 0.15) is 24.2 Å². The summed E-state index contributed by atoms with van der Waals surface area (Å²) in [4.78, 5) is 18.3. The van der Waals surface area contributed by atoms with Gasteiger partial charge >= 0.3 is 0 Å². The Labute approximate surface area is 106 Å². The minimum atomic E-state index is -0.124. The smallest absolute Gasteiger partial charge is 0.254 e. The van der Waals surface area contributed by atoms with Crippen LogP contribution in [0.5, 0.6) is 0 Å². The zero-order chi connectivity index (χ0) is 13.0. The van der Waals surface area contributed by atoms with Crippen molar-refractivity contribution < 1.29 is 9.21 Å². The second kappa shape index (κ2) is 5.64. The minimum absolute atomic E-state index is 0.124. The Morgan fingerprint density at radius 3 is 2.89 bits per heavy atom. The average Bonchev–Trinajstić information content (AvgIpc) is 2.87. The molecule has 0 aliphatic carbocycles. The first-order valence-electron chi connectivity index (χ1n) is 6.09. The van der Waals surface area contributed by atoms with Gasteiger partial charge in [0.2, 0.25) is 0 Å². The number of benzene rings is 1. The van der Waals surface area contributed by atoms with Gasteiger partial charge < -0.3 is 9.73 Å². The number of rotatable bonds is 5. The summed E-state index contributed by atoms with van der Waals surface area (Å²) in [5.41, 5.74) is 1.79. The standard InChI is InChI=1S/C13H17N3O2/c1-3-16(4-2)8-14-13(17)10-6-5-7-11-12(10)15-9-18-11/h5-7,9H,3-4,8H2,1-2H3,(H,14,17). The van der Waals surface area contributed by atoms with Crippen molar-refractivity contribution in [2.45, 2.75) is 13.8 Å². The van der Waals surface area contributed by atoms with E-state index in [1.807, 2.05) is 0 Å². The van der Waals surface area contributed by atoms with Crippen LogP contribution in [0.2, 0.25) is 0 Å². The molecule has 0 fully saturated rings. The normalized spacial score (nSPS) is 11.1. The van der Waals surface area contributed by atoms with Crippen molar-refractivity contribution in [3.8, 4) is 0 Å². The summed E-state index contributed by atoms with van der Waals surface area (Å²) >= 11 is 0. The summed E-state index contributed by atoms with van der Waals surface area (Å²) in [6.07, 6.45) is 1.35. The van der Waals surface area contributed by atoms with E-state index in [9.17, 15) is 4.79 Å². The summed E-state index contributed by atoms with van der Waals surface area (Å²) < 4.78 is 5.18. The Morgan fingerprint density at radius 2 is 2.17 bits per heavy atom. The molecule has 0 atom stereocenters. The highest BCUT2D eigenvalue weighted by atomic mass is 16.3. The van der Waals surface area contributed by atoms with Gasteiger partial charge in [-0.2, -0.15) is 0 Å². The van der Waals surface area contributed by atoms with Crippen molar-refractivity contribution >= 4 is 17.0 Å². The van der Waals surface area contributed by atoms with E-state index < -0.39 is 0 Å². The van der Waals surface area contributed by atoms with Gasteiger partial charge in [-0.3, -0.25) is 9.69 Å². The van der Waals surface area contributed by atoms with Gasteiger partial charge in [-0.15, -0.1) is 0 Å². The highest BCUT2D eigenvalue weighted by Crippen LogP contribution is 2.16. The lowest BCUT2D eigenvalue weighted by Crippen LogP contribution is -2.37. The first-order chi connectivity index (χ1) is 8.76. The van der Waals surface area contributed by atoms with Gasteiger partial charge in [0, 0.05) is 0 Å². The zero-order valence-electron chi connectivity index (χ0n) is 10.6. The average molecular weight is 247 g/mol. The van der Waals surface area contributed by atoms with Gasteiger partial charge in [0.25, 0.3) is 5.91 Å². The molecule has 1 N–H and O–H groups in total. The fraction of sp³-hybridized carbons (Fsp3) is 0.385. The fourth-order valence-corrected chi connectivity index (χ4v) is 1.80. The lowest BCUT2D eigenvalue weighted by Gasteiger charge is -2.18. The van der Waals surface area contributed by atoms with Crippen molar-refractivity contribution in [2.75, 3.05) is 19.8 Å². The van der Waals surface area contributed by atoms with Gasteiger partial charge in [-0.25, -0.2) is 4.98 Å². The predicted molar refractivity (Wildman–Crippen MR) is 69.3 cm³/mol. The molecule has 18 heavy (non-hydrogen) atoms. The first kappa shape index (κ1) is 12.6. The van der Waals surface area contributed by atoms with Crippen LogP contribution >= 0.6 is 0 Å². The maximum absolute atomic E-state index is 12.1. The van der Waals surface area contributed by atoms with Crippen LogP contribution in [0.15, 0.2) is 29.0 Å². The first-order valence-corrected chi connectivity index (χ1v) is 6.09. The Kier molecular flexibility index (Phi) is 3.94. The second-order valence-corrected chi connectivity index (χ2v) is 3.97. The lowest BCUT2D eigenvalue weighted by atomic mass is 10.2. The number of fused-ring (bicyclic) bond motifs is 1. The van der Waals surface area contributed by atoms with E-state index in [1.165, 1.54) is 6.39 Å². The van der Waals surface area contributed by atoms with E-state index in [1.54, 1.807) is 18.2 Å². The monoisotopic (exact) mass is 247 g/mol. The second-order valence-electron chi connectivity index (χ2n) is 3.97. The molecule has 0 unspecified atom stereocenters. The maximum atomic E-state index is 12.1. The van der Waals surface area contributed by atoms with Gasteiger partial charge in [-0.05, 0) is 25.2 Å². The molecule has 0 radical (unpaired) electrons. The molecule has 0 bridgehead atoms. The van der Waals surface area contributed by atoms with Crippen molar-refractivity contribution in [3.05, 3.63) is 30.2 Å². The van der Waals surface area contributed by atoms with Crippen LogP contribution in [-0.2, 0) is 0 Å². The van der Waals surface area contributed by atoms with Crippen molar-refractivity contribution in [1.29, 1.82) is 0 Å². The SMILES string of the molecule is CCN(CC)CNC(=O)c1cccc2ocnc12. The third-order valence-corrected chi connectivity index (χ3v) is 2.96. The quantitative estimate of drug-likeness (QED) is 0.819. The van der Waals surface area contributed by atoms with Crippen molar-refractivity contribution in [2.24, 2.45) is 0 Å². The molecular weight excluding hydrogens is 230 g/mol. The van der Waals surface area contributed by atoms with Crippen LogP contribution in [0.3, 0.4) is 0 Å². The number of amides is 1. The van der Waals surface area contributed by atoms with E-state index in [0.29, 0.717) is 23.3 Å². The molecule has 0 spiro atoms. The molecule has 1 amide bonds. The molecule has 5 heteroatoms. The highest BCUT2D eigenvalue weighted by Gasteiger charge is 2.12. The van der Waals surface area contributed by atoms with Crippen LogP contribution in [-0.4, -0.2) is 35.5 Å². The summed E-state index contributed by atoms with van der Waals surface area (Å²) in [5.74, 6) is -0.124. The molecule has 0 saturated carbocycles. The van der Waals surface area contributed by atoms with Crippen molar-refractivity contribution in [3.63, 3.8) is 0 Å². The molecule has 2 aromatic rings. The molecular formula is C13H17N3O2. The predicted octanol–water partition coefficient (Wildman–Crippen LogP) is 1.86. The molecule has 0 aliphatic heterocycles. The number of nitrogens with zero attached hydrogens (tertiary/aromatic N) is 2. The number of hydrogen-bond acceptors (Lipinski definition) is 4. The molecule has 5 nitrogen and oxygen atoms in total. The maximum Gasteiger partial charge on any atom is 0.254 e. The third-order valence-electron chi connectivity index (χ3n) is 2.96. The number of oxazole rings is 1. The van der Waals surface area contributed by atoms with Gasteiger partial charge in [0.15, 0.2) is 12.0 Å². The molecule has 1 heterocycles. The molecule has 0 aliphatic rings. The zero-order valence-corrected chi connectivity index (χ0v) is 10.6. The topological polar surface area (TPSA) is 58.4 Å². The number of carbonyl (C=O) groups excluding carboxylic acids is 1. The van der Waals surface area contributed by atoms with Gasteiger partial charge in [-0.1, -0.05) is 19.9 Å². The van der Waals surface area contributed by atoms with E-state index in [4.69, 9.17) is 4.42 Å². The third kappa shape index (κ3) is 2.51. The summed E-state index contributed by atoms with van der Waals surface area (Å²) in [6, 6.07) is 5.34. The summed E-state index contributed by atoms with van der Waals surface area (Å²) in [6.45, 7) is 6.48. The number of nitrogens with one attached hydrogen (secondary N) is 1. The summed E-state index contributed by atoms with van der Waals surface area (Å²) in [7, 11) is 0. The van der Waals surface area contributed by atoms with Gasteiger partial charge in [0.05, 0.1) is 12.2 Å². The number of para-hydroxylation sites is 1. The van der Waals surface area contributed by atoms with Crippen LogP contribution in [0, 0.1) is 0 Å². The molecule has 1 aromatic carbocycles. The molecule has 1 aromatic heterocycles. The van der Waals surface area contributed by atoms with Gasteiger partial charge in [0.1, 0.15) is 5.52 Å². The number of aromatic nitrogens is 1. The highest BCUT2D eigenvalue weighted by molar-refractivity contribution is 6.04. The van der Waals surface area contributed by atoms with E-state index in [0.717, 1.165) is 13.1 Å². The molecule has 0 saturated heterocycles. The Morgan fingerprint density at radius 1 is 1.39 bits per heavy atom. The van der Waals surface area contributed by atoms with Crippen LogP contribution < -0.4 is 5.32 Å². The molecule has 2 rings (SSSR count). The fourth-order valence-electron chi connectivity index (χ4n) is 1.80. The Bertz CT molecular complexity index is 532. The largest absolute Gasteiger partial charge is 0.443 e. The van der Waals surface area contributed by atoms with E-state index in [-0.39, 0.29) is 5.91 Å². The van der Waals surface area contributed by atoms with Crippen molar-refractivity contribution in [1.82, 2.24) is 15.2 Å². The lowest BCUT2D eigenvalue weighted by molar-refractivity contribution is 0.0927. The Hall–Kier alpha value is -1.88. The number of carbonyl (C=O) groups is 1.